The maximum atomic E-state index is 13.5. The number of hydrogen-bond donors (Lipinski definition) is 4. The van der Waals surface area contributed by atoms with E-state index in [2.05, 4.69) is 10.6 Å². The van der Waals surface area contributed by atoms with E-state index in [1.807, 2.05) is 28.8 Å². The highest BCUT2D eigenvalue weighted by molar-refractivity contribution is 6.09. The molecule has 8 nitrogen and oxygen atoms in total. The number of ether oxygens (including phenoxy) is 1. The smallest absolute Gasteiger partial charge is 0.203 e. The van der Waals surface area contributed by atoms with Crippen LogP contribution in [0.25, 0.3) is 27.2 Å². The van der Waals surface area contributed by atoms with Gasteiger partial charge in [0.05, 0.1) is 34.6 Å². The molecule has 0 spiro atoms. The first-order valence-corrected chi connectivity index (χ1v) is 9.32. The van der Waals surface area contributed by atoms with Crippen LogP contribution in [0.3, 0.4) is 0 Å². The lowest BCUT2D eigenvalue weighted by atomic mass is 10.0. The molecule has 0 saturated carbocycles. The number of nitrogens with two attached hydrogens (primary N) is 2. The first-order chi connectivity index (χ1) is 13.7. The normalized spacial score (nSPS) is 11.7. The summed E-state index contributed by atoms with van der Waals surface area (Å²) < 4.78 is 7.32. The second-order valence-electron chi connectivity index (χ2n) is 6.61. The molecular weight excluding hydrogens is 356 g/mol. The van der Waals surface area contributed by atoms with E-state index >= 15 is 0 Å². The van der Waals surface area contributed by atoms with Gasteiger partial charge in [-0.2, -0.15) is 5.10 Å². The second kappa shape index (κ2) is 7.59. The van der Waals surface area contributed by atoms with Crippen molar-refractivity contribution in [3.8, 4) is 5.75 Å². The van der Waals surface area contributed by atoms with Crippen molar-refractivity contribution in [3.05, 3.63) is 46.2 Å². The molecule has 2 aromatic heterocycles. The quantitative estimate of drug-likeness (QED) is 0.264. The third-order valence-corrected chi connectivity index (χ3v) is 4.90. The predicted molar refractivity (Wildman–Crippen MR) is 113 cm³/mol. The fraction of sp³-hybridized carbons (Fsp3) is 0.300. The van der Waals surface area contributed by atoms with Gasteiger partial charge in [0.2, 0.25) is 5.43 Å². The molecule has 0 atom stereocenters. The molecule has 6 N–H and O–H groups in total. The summed E-state index contributed by atoms with van der Waals surface area (Å²) in [5.74, 6) is 0.535. The zero-order valence-electron chi connectivity index (χ0n) is 15.8. The Kier molecular flexibility index (Phi) is 4.99. The van der Waals surface area contributed by atoms with Crippen LogP contribution in [-0.2, 0) is 6.54 Å². The Morgan fingerprint density at radius 3 is 2.68 bits per heavy atom. The molecule has 146 valence electrons. The van der Waals surface area contributed by atoms with Gasteiger partial charge in [-0.25, -0.2) is 4.52 Å². The summed E-state index contributed by atoms with van der Waals surface area (Å²) in [6, 6.07) is 9.47. The van der Waals surface area contributed by atoms with Crippen LogP contribution >= 0.6 is 0 Å². The lowest BCUT2D eigenvalue weighted by Gasteiger charge is -2.12. The topological polar surface area (TPSA) is 120 Å². The van der Waals surface area contributed by atoms with E-state index in [1.165, 1.54) is 0 Å². The standard InChI is InChI=1S/C20H24N6O2/c1-28-16-4-2-3-15-18(16)20(27)17-13(24-10-8-22)6-5-12-14(11-23-9-7-21)25-26(15)19(12)17/h2-6,23-24H,7-11,21-22H2,1H3. The van der Waals surface area contributed by atoms with Crippen molar-refractivity contribution in [2.45, 2.75) is 6.54 Å². The van der Waals surface area contributed by atoms with E-state index in [-0.39, 0.29) is 5.43 Å². The molecule has 2 aromatic carbocycles. The zero-order chi connectivity index (χ0) is 19.7. The van der Waals surface area contributed by atoms with Crippen molar-refractivity contribution < 1.29 is 4.74 Å². The molecule has 0 bridgehead atoms. The van der Waals surface area contributed by atoms with Crippen molar-refractivity contribution >= 4 is 32.9 Å². The maximum Gasteiger partial charge on any atom is 0.203 e. The largest absolute Gasteiger partial charge is 0.496 e. The van der Waals surface area contributed by atoms with Crippen LogP contribution in [0, 0.1) is 0 Å². The number of nitrogens with zero attached hydrogens (tertiary/aromatic N) is 2. The number of methoxy groups -OCH3 is 1. The number of hydrogen-bond acceptors (Lipinski definition) is 7. The highest BCUT2D eigenvalue weighted by Crippen LogP contribution is 2.33. The molecule has 0 aliphatic heterocycles. The van der Waals surface area contributed by atoms with Gasteiger partial charge in [0.25, 0.3) is 0 Å². The third-order valence-electron chi connectivity index (χ3n) is 4.90. The molecule has 0 saturated heterocycles. The third kappa shape index (κ3) is 2.82. The van der Waals surface area contributed by atoms with Gasteiger partial charge in [-0.1, -0.05) is 6.07 Å². The molecule has 4 rings (SSSR count). The summed E-state index contributed by atoms with van der Waals surface area (Å²) in [5.41, 5.74) is 14.3. The minimum Gasteiger partial charge on any atom is -0.496 e. The number of fused-ring (bicyclic) bond motifs is 2. The molecule has 0 fully saturated rings. The van der Waals surface area contributed by atoms with Crippen LogP contribution in [0.1, 0.15) is 5.69 Å². The Morgan fingerprint density at radius 1 is 1.11 bits per heavy atom. The average molecular weight is 380 g/mol. The van der Waals surface area contributed by atoms with Crippen LogP contribution < -0.4 is 32.3 Å². The minimum atomic E-state index is -0.0774. The van der Waals surface area contributed by atoms with E-state index in [1.54, 1.807) is 13.2 Å². The Balaban J connectivity index is 2.09. The Morgan fingerprint density at radius 2 is 1.93 bits per heavy atom. The lowest BCUT2D eigenvalue weighted by Crippen LogP contribution is -2.22. The summed E-state index contributed by atoms with van der Waals surface area (Å²) >= 11 is 0. The van der Waals surface area contributed by atoms with Crippen molar-refractivity contribution in [1.29, 1.82) is 0 Å². The Labute approximate surface area is 161 Å². The number of benzene rings is 2. The van der Waals surface area contributed by atoms with Gasteiger partial charge < -0.3 is 26.8 Å². The predicted octanol–water partition coefficient (Wildman–Crippen LogP) is 0.866. The average Bonchev–Trinajstić information content (AvgIpc) is 3.09. The molecule has 0 amide bonds. The van der Waals surface area contributed by atoms with Gasteiger partial charge in [0, 0.05) is 43.8 Å². The van der Waals surface area contributed by atoms with Crippen LogP contribution in [0.2, 0.25) is 0 Å². The van der Waals surface area contributed by atoms with Gasteiger partial charge in [0.15, 0.2) is 0 Å². The molecule has 8 heteroatoms. The number of aromatic nitrogens is 2. The number of anilines is 1. The zero-order valence-corrected chi connectivity index (χ0v) is 15.8. The van der Waals surface area contributed by atoms with Crippen LogP contribution in [0.15, 0.2) is 35.1 Å². The van der Waals surface area contributed by atoms with Gasteiger partial charge in [-0.05, 0) is 24.3 Å². The summed E-state index contributed by atoms with van der Waals surface area (Å²) in [7, 11) is 1.57. The fourth-order valence-corrected chi connectivity index (χ4v) is 3.69. The van der Waals surface area contributed by atoms with Crippen molar-refractivity contribution in [2.24, 2.45) is 11.5 Å². The van der Waals surface area contributed by atoms with E-state index in [9.17, 15) is 4.79 Å². The van der Waals surface area contributed by atoms with Crippen molar-refractivity contribution in [3.63, 3.8) is 0 Å². The number of nitrogens with one attached hydrogen (secondary N) is 2. The highest BCUT2D eigenvalue weighted by Gasteiger charge is 2.21. The fourth-order valence-electron chi connectivity index (χ4n) is 3.69. The Hall–Kier alpha value is -2.94. The molecule has 2 heterocycles. The molecular formula is C20H24N6O2. The molecule has 28 heavy (non-hydrogen) atoms. The van der Waals surface area contributed by atoms with Crippen LogP contribution in [0.4, 0.5) is 5.69 Å². The highest BCUT2D eigenvalue weighted by atomic mass is 16.5. The SMILES string of the molecule is COc1cccc2c1c(=O)c1c(NCCN)ccc3c(CNCCN)nn2c31. The Bertz CT molecular complexity index is 1190. The first-order valence-electron chi connectivity index (χ1n) is 9.32. The van der Waals surface area contributed by atoms with Gasteiger partial charge in [-0.15, -0.1) is 0 Å². The lowest BCUT2D eigenvalue weighted by molar-refractivity contribution is 0.419. The van der Waals surface area contributed by atoms with E-state index in [0.717, 1.165) is 27.8 Å². The van der Waals surface area contributed by atoms with Gasteiger partial charge in [-0.3, -0.25) is 4.79 Å². The van der Waals surface area contributed by atoms with Crippen molar-refractivity contribution in [2.75, 3.05) is 38.6 Å². The van der Waals surface area contributed by atoms with Gasteiger partial charge >= 0.3 is 0 Å². The van der Waals surface area contributed by atoms with E-state index in [0.29, 0.717) is 49.2 Å². The number of rotatable bonds is 8. The number of pyridine rings is 1. The summed E-state index contributed by atoms with van der Waals surface area (Å²) in [5, 5.41) is 13.4. The summed E-state index contributed by atoms with van der Waals surface area (Å²) in [4.78, 5) is 13.5. The molecule has 0 aliphatic rings. The molecule has 0 unspecified atom stereocenters. The molecule has 4 aromatic rings. The summed E-state index contributed by atoms with van der Waals surface area (Å²) in [6.45, 7) is 2.86. The van der Waals surface area contributed by atoms with Crippen LogP contribution in [-0.4, -0.2) is 42.9 Å². The van der Waals surface area contributed by atoms with E-state index < -0.39 is 0 Å². The maximum absolute atomic E-state index is 13.5. The van der Waals surface area contributed by atoms with Crippen molar-refractivity contribution in [1.82, 2.24) is 14.9 Å². The van der Waals surface area contributed by atoms with E-state index in [4.69, 9.17) is 21.3 Å². The second-order valence-corrected chi connectivity index (χ2v) is 6.61. The van der Waals surface area contributed by atoms with Crippen LogP contribution in [0.5, 0.6) is 5.75 Å². The van der Waals surface area contributed by atoms with Gasteiger partial charge in [0.1, 0.15) is 5.75 Å². The molecule has 0 radical (unpaired) electrons. The first kappa shape index (κ1) is 18.4. The minimum absolute atomic E-state index is 0.0774. The monoisotopic (exact) mass is 380 g/mol. The molecule has 0 aliphatic carbocycles. The summed E-state index contributed by atoms with van der Waals surface area (Å²) in [6.07, 6.45) is 0.